The smallest absolute Gasteiger partial charge is 0.291 e. The molecule has 0 spiro atoms. The topological polar surface area (TPSA) is 59.6 Å². The molecule has 0 aliphatic rings. The third kappa shape index (κ3) is 3.05. The Morgan fingerprint density at radius 1 is 1.19 bits per heavy atom. The highest BCUT2D eigenvalue weighted by Crippen LogP contribution is 2.28. The van der Waals surface area contributed by atoms with Crippen LogP contribution in [0, 0.1) is 6.92 Å². The van der Waals surface area contributed by atoms with Gasteiger partial charge in [-0.25, -0.2) is 4.68 Å². The number of carbonyl (C=O) groups excluding carboxylic acids is 1. The van der Waals surface area contributed by atoms with Gasteiger partial charge in [0.25, 0.3) is 5.56 Å². The molecule has 0 saturated heterocycles. The van der Waals surface area contributed by atoms with Crippen LogP contribution < -0.4 is 5.56 Å². The lowest BCUT2D eigenvalue weighted by Crippen LogP contribution is -2.45. The summed E-state index contributed by atoms with van der Waals surface area (Å²) in [6.45, 7) is 12.0. The fourth-order valence-corrected chi connectivity index (χ4v) is 4.57. The van der Waals surface area contributed by atoms with E-state index in [0.29, 0.717) is 11.9 Å². The number of hydrogen-bond acceptors (Lipinski definition) is 4. The van der Waals surface area contributed by atoms with Crippen molar-refractivity contribution in [1.82, 2.24) is 19.1 Å². The van der Waals surface area contributed by atoms with Gasteiger partial charge >= 0.3 is 0 Å². The highest BCUT2D eigenvalue weighted by molar-refractivity contribution is 7.19. The fraction of sp³-hybridized carbons (Fsp3) is 0.526. The van der Waals surface area contributed by atoms with E-state index >= 15 is 0 Å². The van der Waals surface area contributed by atoms with Crippen LogP contribution in [0.1, 0.15) is 45.3 Å². The first-order valence-corrected chi connectivity index (χ1v) is 9.89. The third-order valence-corrected chi connectivity index (χ3v) is 5.55. The average molecular weight is 375 g/mol. The number of aromatic nitrogens is 3. The number of nitrogens with zero attached hydrogens (tertiary/aromatic N) is 4. The van der Waals surface area contributed by atoms with Gasteiger partial charge in [0.05, 0.1) is 10.2 Å². The Hall–Kier alpha value is -2.15. The maximum Gasteiger partial charge on any atom is 0.291 e. The van der Waals surface area contributed by atoms with E-state index in [-0.39, 0.29) is 30.1 Å². The Morgan fingerprint density at radius 2 is 1.85 bits per heavy atom. The molecule has 3 rings (SSSR count). The van der Waals surface area contributed by atoms with Gasteiger partial charge in [0.2, 0.25) is 5.91 Å². The van der Waals surface area contributed by atoms with Crippen LogP contribution in [0.5, 0.6) is 0 Å². The number of fused-ring (bicyclic) bond motifs is 3. The van der Waals surface area contributed by atoms with Gasteiger partial charge in [-0.15, -0.1) is 11.3 Å². The molecule has 0 aromatic carbocycles. The zero-order valence-electron chi connectivity index (χ0n) is 16.2. The molecule has 26 heavy (non-hydrogen) atoms. The lowest BCUT2D eigenvalue weighted by molar-refractivity contribution is -0.135. The normalized spacial score (nSPS) is 12.0. The Balaban J connectivity index is 2.11. The van der Waals surface area contributed by atoms with Crippen LogP contribution in [0.4, 0.5) is 0 Å². The third-order valence-electron chi connectivity index (χ3n) is 4.56. The van der Waals surface area contributed by atoms with E-state index in [1.165, 1.54) is 9.56 Å². The summed E-state index contributed by atoms with van der Waals surface area (Å²) in [5.74, 6) is 0.709. The summed E-state index contributed by atoms with van der Waals surface area (Å²) in [5, 5.41) is 4.52. The molecule has 0 fully saturated rings. The highest BCUT2D eigenvalue weighted by Gasteiger charge is 2.22. The van der Waals surface area contributed by atoms with Gasteiger partial charge in [-0.3, -0.25) is 14.0 Å². The number of thiophene rings is 1. The summed E-state index contributed by atoms with van der Waals surface area (Å²) < 4.78 is 4.33. The lowest BCUT2D eigenvalue weighted by atomic mass is 10.2. The number of amides is 1. The van der Waals surface area contributed by atoms with E-state index in [2.05, 4.69) is 18.1 Å². The van der Waals surface area contributed by atoms with Crippen LogP contribution in [-0.4, -0.2) is 37.1 Å². The molecule has 6 nitrogen and oxygen atoms in total. The SMILES string of the molecule is CCc1nn(CC(=O)N(C(C)C)C(C)C)c(=O)c2cc3sc(C)cc3n12. The molecule has 140 valence electrons. The zero-order valence-corrected chi connectivity index (χ0v) is 17.1. The molecule has 1 amide bonds. The summed E-state index contributed by atoms with van der Waals surface area (Å²) in [6, 6.07) is 4.16. The number of aryl methyl sites for hydroxylation is 2. The van der Waals surface area contributed by atoms with Crippen LogP contribution in [0.25, 0.3) is 15.7 Å². The zero-order chi connectivity index (χ0) is 19.2. The van der Waals surface area contributed by atoms with E-state index in [0.717, 1.165) is 16.0 Å². The van der Waals surface area contributed by atoms with Gasteiger partial charge in [0.15, 0.2) is 0 Å². The molecule has 3 aromatic rings. The lowest BCUT2D eigenvalue weighted by Gasteiger charge is -2.30. The van der Waals surface area contributed by atoms with Gasteiger partial charge < -0.3 is 4.90 Å². The van der Waals surface area contributed by atoms with Gasteiger partial charge in [0.1, 0.15) is 17.9 Å². The molecule has 0 unspecified atom stereocenters. The summed E-state index contributed by atoms with van der Waals surface area (Å²) >= 11 is 1.67. The minimum Gasteiger partial charge on any atom is -0.336 e. The van der Waals surface area contributed by atoms with Crippen molar-refractivity contribution in [3.05, 3.63) is 33.2 Å². The highest BCUT2D eigenvalue weighted by atomic mass is 32.1. The Bertz CT molecular complexity index is 1020. The van der Waals surface area contributed by atoms with Crippen LogP contribution in [0.2, 0.25) is 0 Å². The van der Waals surface area contributed by atoms with Crippen LogP contribution in [0.3, 0.4) is 0 Å². The molecule has 0 aliphatic carbocycles. The molecular formula is C19H26N4O2S. The number of carbonyl (C=O) groups is 1. The van der Waals surface area contributed by atoms with Crippen molar-refractivity contribution in [2.75, 3.05) is 0 Å². The first-order chi connectivity index (χ1) is 12.2. The second-order valence-electron chi connectivity index (χ2n) is 7.19. The summed E-state index contributed by atoms with van der Waals surface area (Å²) in [5.41, 5.74) is 1.39. The molecule has 0 atom stereocenters. The largest absolute Gasteiger partial charge is 0.336 e. The van der Waals surface area contributed by atoms with Crippen molar-refractivity contribution in [2.24, 2.45) is 0 Å². The summed E-state index contributed by atoms with van der Waals surface area (Å²) in [7, 11) is 0. The van der Waals surface area contributed by atoms with Gasteiger partial charge in [0, 0.05) is 23.4 Å². The van der Waals surface area contributed by atoms with Gasteiger partial charge in [-0.2, -0.15) is 5.10 Å². The van der Waals surface area contributed by atoms with Crippen molar-refractivity contribution in [3.63, 3.8) is 0 Å². The van der Waals surface area contributed by atoms with E-state index in [1.54, 1.807) is 16.2 Å². The first kappa shape index (κ1) is 18.6. The Morgan fingerprint density at radius 3 is 2.42 bits per heavy atom. The van der Waals surface area contributed by atoms with Crippen molar-refractivity contribution in [2.45, 2.75) is 66.6 Å². The molecule has 0 saturated carbocycles. The standard InChI is InChI=1S/C19H26N4O2S/c1-7-17-20-21(10-18(24)22(11(2)3)12(4)5)19(25)15-9-16-14(23(15)17)8-13(6)26-16/h8-9,11-12H,7,10H2,1-6H3. The fourth-order valence-electron chi connectivity index (χ4n) is 3.63. The first-order valence-electron chi connectivity index (χ1n) is 9.07. The molecule has 0 radical (unpaired) electrons. The van der Waals surface area contributed by atoms with Crippen molar-refractivity contribution in [3.8, 4) is 0 Å². The molecule has 0 bridgehead atoms. The van der Waals surface area contributed by atoms with Crippen molar-refractivity contribution in [1.29, 1.82) is 0 Å². The van der Waals surface area contributed by atoms with E-state index < -0.39 is 0 Å². The molecular weight excluding hydrogens is 348 g/mol. The maximum atomic E-state index is 13.0. The second-order valence-corrected chi connectivity index (χ2v) is 8.48. The van der Waals surface area contributed by atoms with E-state index in [1.807, 2.05) is 45.1 Å². The predicted molar refractivity (Wildman–Crippen MR) is 106 cm³/mol. The monoisotopic (exact) mass is 374 g/mol. The number of hydrogen-bond donors (Lipinski definition) is 0. The van der Waals surface area contributed by atoms with E-state index in [4.69, 9.17) is 0 Å². The Kier molecular flexibility index (Phi) is 4.92. The minimum absolute atomic E-state index is 0.0312. The molecule has 0 aliphatic heterocycles. The summed E-state index contributed by atoms with van der Waals surface area (Å²) in [6.07, 6.45) is 0.682. The quantitative estimate of drug-likeness (QED) is 0.689. The van der Waals surface area contributed by atoms with Gasteiger partial charge in [-0.05, 0) is 46.8 Å². The minimum atomic E-state index is -0.218. The summed E-state index contributed by atoms with van der Waals surface area (Å²) in [4.78, 5) is 28.7. The van der Waals surface area contributed by atoms with E-state index in [9.17, 15) is 9.59 Å². The van der Waals surface area contributed by atoms with Crippen LogP contribution in [0.15, 0.2) is 16.9 Å². The second kappa shape index (κ2) is 6.87. The van der Waals surface area contributed by atoms with Gasteiger partial charge in [-0.1, -0.05) is 6.92 Å². The average Bonchev–Trinajstić information content (AvgIpc) is 3.05. The maximum absolute atomic E-state index is 13.0. The van der Waals surface area contributed by atoms with Crippen molar-refractivity contribution >= 4 is 33.0 Å². The molecule has 7 heteroatoms. The Labute approximate surface area is 157 Å². The molecule has 0 N–H and O–H groups in total. The van der Waals surface area contributed by atoms with Crippen LogP contribution in [-0.2, 0) is 17.8 Å². The van der Waals surface area contributed by atoms with Crippen molar-refractivity contribution < 1.29 is 4.79 Å². The predicted octanol–water partition coefficient (Wildman–Crippen LogP) is 3.23. The number of rotatable bonds is 5. The molecule has 3 aromatic heterocycles. The molecule has 3 heterocycles. The van der Waals surface area contributed by atoms with Crippen LogP contribution >= 0.6 is 11.3 Å².